The van der Waals surface area contributed by atoms with Crippen molar-refractivity contribution in [3.63, 3.8) is 0 Å². The van der Waals surface area contributed by atoms with Crippen LogP contribution in [0.1, 0.15) is 27.8 Å². The number of nitrogens with zero attached hydrogens (tertiary/aromatic N) is 1. The largest absolute Gasteiger partial charge is 0.478 e. The molecule has 0 saturated carbocycles. The van der Waals surface area contributed by atoms with E-state index in [2.05, 4.69) is 91.5 Å². The summed E-state index contributed by atoms with van der Waals surface area (Å²) in [5.74, 6) is -0.957. The molecule has 1 N–H and O–H groups in total. The molecular weight excluding hydrogens is 418 g/mol. The number of aryl methyl sites for hydroxylation is 2. The van der Waals surface area contributed by atoms with Crippen LogP contribution in [0.4, 0.5) is 17.1 Å². The van der Waals surface area contributed by atoms with Gasteiger partial charge in [-0.2, -0.15) is 0 Å². The van der Waals surface area contributed by atoms with Gasteiger partial charge in [0.25, 0.3) is 0 Å². The summed E-state index contributed by atoms with van der Waals surface area (Å²) in [6.45, 7) is 4.19. The van der Waals surface area contributed by atoms with E-state index in [0.29, 0.717) is 0 Å². The molecule has 0 fully saturated rings. The van der Waals surface area contributed by atoms with Gasteiger partial charge in [-0.3, -0.25) is 0 Å². The Balaban J connectivity index is 1.63. The lowest BCUT2D eigenvalue weighted by Gasteiger charge is -2.25. The van der Waals surface area contributed by atoms with Gasteiger partial charge in [0.15, 0.2) is 0 Å². The van der Waals surface area contributed by atoms with E-state index in [1.54, 1.807) is 6.08 Å². The van der Waals surface area contributed by atoms with Gasteiger partial charge in [0.05, 0.1) is 0 Å². The van der Waals surface area contributed by atoms with Crippen molar-refractivity contribution < 1.29 is 9.90 Å². The van der Waals surface area contributed by atoms with Crippen molar-refractivity contribution in [2.45, 2.75) is 13.8 Å². The molecule has 0 heterocycles. The van der Waals surface area contributed by atoms with E-state index < -0.39 is 5.97 Å². The molecular formula is C31H27NO2. The Morgan fingerprint density at radius 3 is 1.53 bits per heavy atom. The van der Waals surface area contributed by atoms with Gasteiger partial charge in [0.1, 0.15) is 0 Å². The number of rotatable bonds is 7. The fourth-order valence-corrected chi connectivity index (χ4v) is 3.73. The molecule has 0 bridgehead atoms. The van der Waals surface area contributed by atoms with Gasteiger partial charge >= 0.3 is 5.97 Å². The standard InChI is InChI=1S/C31H27NO2/c1-23-7-16-28(17-8-23)32(29-18-9-24(2)10-19-29)30-20-12-25(13-21-30)11-14-26-5-3-4-6-27(26)15-22-31(33)34/h3-22H,1-2H3,(H,33,34). The van der Waals surface area contributed by atoms with Crippen molar-refractivity contribution in [2.75, 3.05) is 4.90 Å². The first-order chi connectivity index (χ1) is 16.5. The molecule has 4 rings (SSSR count). The lowest BCUT2D eigenvalue weighted by atomic mass is 10.0. The van der Waals surface area contributed by atoms with Gasteiger partial charge < -0.3 is 10.0 Å². The van der Waals surface area contributed by atoms with Gasteiger partial charge in [-0.25, -0.2) is 4.79 Å². The minimum Gasteiger partial charge on any atom is -0.478 e. The second-order valence-corrected chi connectivity index (χ2v) is 8.23. The molecule has 0 aromatic heterocycles. The molecule has 4 aromatic rings. The molecule has 0 unspecified atom stereocenters. The van der Waals surface area contributed by atoms with Crippen LogP contribution in [0.15, 0.2) is 103 Å². The zero-order valence-electron chi connectivity index (χ0n) is 19.3. The highest BCUT2D eigenvalue weighted by molar-refractivity contribution is 5.87. The van der Waals surface area contributed by atoms with E-state index in [0.717, 1.165) is 39.8 Å². The second-order valence-electron chi connectivity index (χ2n) is 8.23. The first kappa shape index (κ1) is 22.8. The van der Waals surface area contributed by atoms with Crippen molar-refractivity contribution >= 4 is 41.3 Å². The van der Waals surface area contributed by atoms with Crippen LogP contribution in [0.2, 0.25) is 0 Å². The summed E-state index contributed by atoms with van der Waals surface area (Å²) >= 11 is 0. The molecule has 0 amide bonds. The molecule has 4 aromatic carbocycles. The summed E-state index contributed by atoms with van der Waals surface area (Å²) in [7, 11) is 0. The van der Waals surface area contributed by atoms with Gasteiger partial charge in [-0.1, -0.05) is 83.9 Å². The van der Waals surface area contributed by atoms with Crippen LogP contribution >= 0.6 is 0 Å². The van der Waals surface area contributed by atoms with Crippen LogP contribution in [0.25, 0.3) is 18.2 Å². The lowest BCUT2D eigenvalue weighted by molar-refractivity contribution is -0.131. The summed E-state index contributed by atoms with van der Waals surface area (Å²) in [6, 6.07) is 33.2. The molecule has 0 aliphatic rings. The highest BCUT2D eigenvalue weighted by atomic mass is 16.4. The van der Waals surface area contributed by atoms with Crippen LogP contribution in [0, 0.1) is 13.8 Å². The van der Waals surface area contributed by atoms with Crippen molar-refractivity contribution in [2.24, 2.45) is 0 Å². The molecule has 34 heavy (non-hydrogen) atoms. The Bertz CT molecular complexity index is 1270. The Kier molecular flexibility index (Phi) is 7.04. The number of aliphatic carboxylic acids is 1. The van der Waals surface area contributed by atoms with Crippen LogP contribution < -0.4 is 4.90 Å². The number of hydrogen-bond acceptors (Lipinski definition) is 2. The minimum absolute atomic E-state index is 0.864. The predicted molar refractivity (Wildman–Crippen MR) is 143 cm³/mol. The van der Waals surface area contributed by atoms with Crippen molar-refractivity contribution in [3.05, 3.63) is 131 Å². The third kappa shape index (κ3) is 5.70. The van der Waals surface area contributed by atoms with Crippen LogP contribution in [0.5, 0.6) is 0 Å². The van der Waals surface area contributed by atoms with Crippen molar-refractivity contribution in [1.82, 2.24) is 0 Å². The van der Waals surface area contributed by atoms with E-state index in [1.807, 2.05) is 36.4 Å². The molecule has 0 aliphatic carbocycles. The number of carbonyl (C=O) groups is 1. The number of anilines is 3. The number of carboxylic acids is 1. The zero-order chi connectivity index (χ0) is 23.9. The normalized spacial score (nSPS) is 11.2. The Hall–Kier alpha value is -4.37. The molecule has 3 heteroatoms. The fourth-order valence-electron chi connectivity index (χ4n) is 3.73. The molecule has 0 radical (unpaired) electrons. The zero-order valence-corrected chi connectivity index (χ0v) is 19.3. The highest BCUT2D eigenvalue weighted by Gasteiger charge is 2.12. The Morgan fingerprint density at radius 2 is 1.06 bits per heavy atom. The van der Waals surface area contributed by atoms with Gasteiger partial charge in [-0.05, 0) is 73.0 Å². The molecule has 168 valence electrons. The van der Waals surface area contributed by atoms with Crippen LogP contribution in [0.3, 0.4) is 0 Å². The maximum absolute atomic E-state index is 10.9. The van der Waals surface area contributed by atoms with E-state index in [9.17, 15) is 4.79 Å². The average molecular weight is 446 g/mol. The number of carboxylic acid groups (broad SMARTS) is 1. The van der Waals surface area contributed by atoms with E-state index in [4.69, 9.17) is 5.11 Å². The summed E-state index contributed by atoms with van der Waals surface area (Å²) in [4.78, 5) is 13.1. The van der Waals surface area contributed by atoms with Crippen LogP contribution in [-0.2, 0) is 4.79 Å². The Labute approximate surface area is 200 Å². The topological polar surface area (TPSA) is 40.5 Å². The summed E-state index contributed by atoms with van der Waals surface area (Å²) in [5.41, 5.74) is 8.64. The van der Waals surface area contributed by atoms with Gasteiger partial charge in [0.2, 0.25) is 0 Å². The van der Waals surface area contributed by atoms with Crippen LogP contribution in [-0.4, -0.2) is 11.1 Å². The highest BCUT2D eigenvalue weighted by Crippen LogP contribution is 2.34. The summed E-state index contributed by atoms with van der Waals surface area (Å²) < 4.78 is 0. The maximum atomic E-state index is 10.9. The second kappa shape index (κ2) is 10.5. The van der Waals surface area contributed by atoms with Crippen molar-refractivity contribution in [1.29, 1.82) is 0 Å². The van der Waals surface area contributed by atoms with E-state index >= 15 is 0 Å². The van der Waals surface area contributed by atoms with Gasteiger partial charge in [0, 0.05) is 23.1 Å². The smallest absolute Gasteiger partial charge is 0.328 e. The quantitative estimate of drug-likeness (QED) is 0.231. The predicted octanol–water partition coefficient (Wildman–Crippen LogP) is 8.04. The van der Waals surface area contributed by atoms with E-state index in [1.165, 1.54) is 11.1 Å². The minimum atomic E-state index is -0.957. The SMILES string of the molecule is Cc1ccc(N(c2ccc(C)cc2)c2ccc(C=Cc3ccccc3C=CC(=O)O)cc2)cc1. The lowest BCUT2D eigenvalue weighted by Crippen LogP contribution is -2.09. The Morgan fingerprint density at radius 1 is 0.618 bits per heavy atom. The summed E-state index contributed by atoms with van der Waals surface area (Å²) in [6.07, 6.45) is 6.83. The average Bonchev–Trinajstić information content (AvgIpc) is 2.85. The molecule has 0 aliphatic heterocycles. The monoisotopic (exact) mass is 445 g/mol. The molecule has 0 saturated heterocycles. The van der Waals surface area contributed by atoms with Gasteiger partial charge in [-0.15, -0.1) is 0 Å². The molecule has 0 atom stereocenters. The summed E-state index contributed by atoms with van der Waals surface area (Å²) in [5, 5.41) is 8.93. The number of hydrogen-bond donors (Lipinski definition) is 1. The first-order valence-corrected chi connectivity index (χ1v) is 11.2. The van der Waals surface area contributed by atoms with Crippen molar-refractivity contribution in [3.8, 4) is 0 Å². The number of benzene rings is 4. The molecule has 3 nitrogen and oxygen atoms in total. The maximum Gasteiger partial charge on any atom is 0.328 e. The molecule has 0 spiro atoms. The fraction of sp³-hybridized carbons (Fsp3) is 0.0645. The third-order valence-electron chi connectivity index (χ3n) is 5.59. The third-order valence-corrected chi connectivity index (χ3v) is 5.59. The first-order valence-electron chi connectivity index (χ1n) is 11.2. The van der Waals surface area contributed by atoms with E-state index in [-0.39, 0.29) is 0 Å².